The van der Waals surface area contributed by atoms with E-state index >= 15 is 0 Å². The molecule has 3 aromatic heterocycles. The summed E-state index contributed by atoms with van der Waals surface area (Å²) in [4.78, 5) is 17.0. The fourth-order valence-corrected chi connectivity index (χ4v) is 5.13. The maximum atomic E-state index is 12.6. The van der Waals surface area contributed by atoms with Crippen molar-refractivity contribution in [1.29, 1.82) is 0 Å². The van der Waals surface area contributed by atoms with Crippen molar-refractivity contribution in [2.75, 3.05) is 23.8 Å². The van der Waals surface area contributed by atoms with Gasteiger partial charge in [0.1, 0.15) is 5.76 Å². The fourth-order valence-electron chi connectivity index (χ4n) is 5.13. The van der Waals surface area contributed by atoms with Crippen molar-refractivity contribution in [3.63, 3.8) is 0 Å². The van der Waals surface area contributed by atoms with Gasteiger partial charge in [-0.25, -0.2) is 9.48 Å². The first-order valence-electron chi connectivity index (χ1n) is 12.5. The minimum Gasteiger partial charge on any atom is -0.381 e. The lowest BCUT2D eigenvalue weighted by molar-refractivity contribution is 0.160. The van der Waals surface area contributed by atoms with E-state index in [-0.39, 0.29) is 5.41 Å². The first-order valence-corrected chi connectivity index (χ1v) is 12.5. The molecule has 1 aromatic carbocycles. The number of carbonyl (C=O) groups excluding carboxylic acids is 1. The van der Waals surface area contributed by atoms with Crippen molar-refractivity contribution in [3.8, 4) is 16.8 Å². The fraction of sp³-hybridized carbons (Fsp3) is 0.357. The first-order chi connectivity index (χ1) is 17.8. The van der Waals surface area contributed by atoms with Crippen LogP contribution in [0, 0.1) is 18.8 Å². The van der Waals surface area contributed by atoms with E-state index < -0.39 is 6.03 Å². The van der Waals surface area contributed by atoms with Gasteiger partial charge in [0.15, 0.2) is 5.82 Å². The van der Waals surface area contributed by atoms with Gasteiger partial charge in [0, 0.05) is 46.9 Å². The van der Waals surface area contributed by atoms with Crippen LogP contribution in [0.25, 0.3) is 16.8 Å². The second kappa shape index (κ2) is 8.85. The molecular formula is C28H30N6O3. The Kier molecular flexibility index (Phi) is 5.60. The highest BCUT2D eigenvalue weighted by atomic mass is 16.5. The number of anilines is 2. The Labute approximate surface area is 215 Å². The average Bonchev–Trinajstić information content (AvgIpc) is 3.36. The highest BCUT2D eigenvalue weighted by Gasteiger charge is 2.55. The topological polar surface area (TPSA) is 107 Å². The van der Waals surface area contributed by atoms with Crippen molar-refractivity contribution < 1.29 is 14.1 Å². The van der Waals surface area contributed by atoms with E-state index in [4.69, 9.17) is 9.26 Å². The molecule has 2 N–H and O–H groups in total. The van der Waals surface area contributed by atoms with Crippen LogP contribution in [0.5, 0.6) is 0 Å². The third kappa shape index (κ3) is 4.51. The molecule has 4 heterocycles. The molecule has 2 fully saturated rings. The number of hydrogen-bond donors (Lipinski definition) is 2. The molecule has 6 rings (SSSR count). The molecule has 1 aliphatic carbocycles. The summed E-state index contributed by atoms with van der Waals surface area (Å²) in [5, 5.41) is 14.2. The lowest BCUT2D eigenvalue weighted by Crippen LogP contribution is -2.19. The van der Waals surface area contributed by atoms with Crippen molar-refractivity contribution in [2.24, 2.45) is 11.8 Å². The summed E-state index contributed by atoms with van der Waals surface area (Å²) in [6.07, 6.45) is 7.69. The Morgan fingerprint density at radius 1 is 1.08 bits per heavy atom. The molecule has 9 nitrogen and oxygen atoms in total. The summed E-state index contributed by atoms with van der Waals surface area (Å²) in [6, 6.07) is 9.19. The Balaban J connectivity index is 1.20. The summed E-state index contributed by atoms with van der Waals surface area (Å²) < 4.78 is 12.8. The zero-order valence-corrected chi connectivity index (χ0v) is 21.4. The van der Waals surface area contributed by atoms with Gasteiger partial charge in [-0.15, -0.1) is 0 Å². The van der Waals surface area contributed by atoms with Crippen LogP contribution in [0.3, 0.4) is 0 Å². The minimum atomic E-state index is -0.399. The predicted octanol–water partition coefficient (Wildman–Crippen LogP) is 5.53. The number of rotatable bonds is 5. The van der Waals surface area contributed by atoms with Crippen molar-refractivity contribution in [3.05, 3.63) is 72.0 Å². The summed E-state index contributed by atoms with van der Waals surface area (Å²) in [6.45, 7) is 9.77. The van der Waals surface area contributed by atoms with Crippen LogP contribution in [0.4, 0.5) is 16.3 Å². The lowest BCUT2D eigenvalue weighted by Gasteiger charge is -2.12. The highest BCUT2D eigenvalue weighted by Crippen LogP contribution is 2.58. The van der Waals surface area contributed by atoms with E-state index in [1.807, 2.05) is 75.4 Å². The van der Waals surface area contributed by atoms with E-state index in [2.05, 4.69) is 31.9 Å². The van der Waals surface area contributed by atoms with Crippen molar-refractivity contribution in [2.45, 2.75) is 39.0 Å². The Hall–Kier alpha value is -3.98. The summed E-state index contributed by atoms with van der Waals surface area (Å²) in [7, 11) is 0. The number of fused-ring (bicyclic) bond motifs is 1. The standard InChI is InChI=1S/C28H30N6O3/c1-16-5-6-18(31-27(35)32-25-10-24(37-33-25)28(2,3)4)9-23(16)34-13-17(11-30-34)20-12-29-8-7-19(20)26-21-14-36-15-22(21)26/h5-13,21-22,26H,14-15H2,1-4H3,(H2,31,32,33,35). The minimum absolute atomic E-state index is 0.194. The molecule has 2 aliphatic rings. The molecule has 0 bridgehead atoms. The van der Waals surface area contributed by atoms with Gasteiger partial charge in [-0.3, -0.25) is 10.3 Å². The van der Waals surface area contributed by atoms with Gasteiger partial charge in [-0.1, -0.05) is 32.0 Å². The molecule has 9 heteroatoms. The quantitative estimate of drug-likeness (QED) is 0.375. The summed E-state index contributed by atoms with van der Waals surface area (Å²) in [5.41, 5.74) is 5.81. The van der Waals surface area contributed by atoms with Crippen LogP contribution >= 0.6 is 0 Å². The molecule has 190 valence electrons. The molecule has 1 saturated carbocycles. The summed E-state index contributed by atoms with van der Waals surface area (Å²) in [5.74, 6) is 2.83. The maximum Gasteiger partial charge on any atom is 0.324 e. The van der Waals surface area contributed by atoms with Gasteiger partial charge >= 0.3 is 6.03 Å². The number of hydrogen-bond acceptors (Lipinski definition) is 6. The number of nitrogens with one attached hydrogen (secondary N) is 2. The van der Waals surface area contributed by atoms with E-state index in [9.17, 15) is 4.79 Å². The second-order valence-corrected chi connectivity index (χ2v) is 10.9. The van der Waals surface area contributed by atoms with Gasteiger partial charge in [0.25, 0.3) is 0 Å². The van der Waals surface area contributed by atoms with Crippen LogP contribution in [-0.4, -0.2) is 39.2 Å². The molecule has 1 aliphatic heterocycles. The summed E-state index contributed by atoms with van der Waals surface area (Å²) >= 11 is 0. The van der Waals surface area contributed by atoms with Crippen molar-refractivity contribution in [1.82, 2.24) is 19.9 Å². The number of carbonyl (C=O) groups is 1. The molecule has 2 unspecified atom stereocenters. The largest absolute Gasteiger partial charge is 0.381 e. The van der Waals surface area contributed by atoms with Crippen LogP contribution < -0.4 is 10.6 Å². The normalized spacial score (nSPS) is 20.5. The number of nitrogens with zero attached hydrogens (tertiary/aromatic N) is 4. The van der Waals surface area contributed by atoms with Gasteiger partial charge in [0.05, 0.1) is 25.1 Å². The lowest BCUT2D eigenvalue weighted by atomic mass is 9.93. The second-order valence-electron chi connectivity index (χ2n) is 10.9. The average molecular weight is 499 g/mol. The molecular weight excluding hydrogens is 468 g/mol. The van der Waals surface area contributed by atoms with Gasteiger partial charge < -0.3 is 14.6 Å². The molecule has 2 amide bonds. The van der Waals surface area contributed by atoms with Crippen LogP contribution in [0.1, 0.15) is 43.6 Å². The monoisotopic (exact) mass is 498 g/mol. The number of benzene rings is 1. The number of pyridine rings is 1. The number of amides is 2. The smallest absolute Gasteiger partial charge is 0.324 e. The van der Waals surface area contributed by atoms with Crippen LogP contribution in [-0.2, 0) is 10.2 Å². The number of urea groups is 1. The van der Waals surface area contributed by atoms with Gasteiger partial charge in [0.2, 0.25) is 0 Å². The molecule has 37 heavy (non-hydrogen) atoms. The van der Waals surface area contributed by atoms with Gasteiger partial charge in [-0.05, 0) is 54.0 Å². The SMILES string of the molecule is Cc1ccc(NC(=O)Nc2cc(C(C)(C)C)on2)cc1-n1cc(-c2cnccc2C2C3COCC32)cn1. The van der Waals surface area contributed by atoms with E-state index in [0.29, 0.717) is 35.0 Å². The molecule has 1 saturated heterocycles. The molecule has 0 spiro atoms. The van der Waals surface area contributed by atoms with Crippen LogP contribution in [0.15, 0.2) is 59.6 Å². The zero-order chi connectivity index (χ0) is 25.7. The zero-order valence-electron chi connectivity index (χ0n) is 21.4. The molecule has 2 atom stereocenters. The number of ether oxygens (including phenoxy) is 1. The predicted molar refractivity (Wildman–Crippen MR) is 140 cm³/mol. The van der Waals surface area contributed by atoms with E-state index in [1.165, 1.54) is 5.56 Å². The van der Waals surface area contributed by atoms with E-state index in [1.54, 1.807) is 6.07 Å². The van der Waals surface area contributed by atoms with E-state index in [0.717, 1.165) is 35.6 Å². The van der Waals surface area contributed by atoms with Crippen molar-refractivity contribution >= 4 is 17.5 Å². The number of aromatic nitrogens is 4. The number of aryl methyl sites for hydroxylation is 1. The maximum absolute atomic E-state index is 12.6. The van der Waals surface area contributed by atoms with Crippen LogP contribution in [0.2, 0.25) is 0 Å². The Bertz CT molecular complexity index is 1460. The van der Waals surface area contributed by atoms with Gasteiger partial charge in [-0.2, -0.15) is 5.10 Å². The first kappa shape index (κ1) is 23.4. The Morgan fingerprint density at radius 3 is 2.65 bits per heavy atom. The Morgan fingerprint density at radius 2 is 1.89 bits per heavy atom. The molecule has 0 radical (unpaired) electrons. The third-order valence-corrected chi connectivity index (χ3v) is 7.26. The third-order valence-electron chi connectivity index (χ3n) is 7.26. The highest BCUT2D eigenvalue weighted by molar-refractivity contribution is 5.99. The molecule has 4 aromatic rings.